The number of rotatable bonds is 4. The molecule has 5 heterocycles. The van der Waals surface area contributed by atoms with Gasteiger partial charge in [0.1, 0.15) is 5.82 Å². The molecule has 0 radical (unpaired) electrons. The van der Waals surface area contributed by atoms with Crippen LogP contribution in [0.1, 0.15) is 53.1 Å². The lowest BCUT2D eigenvalue weighted by Crippen LogP contribution is -2.56. The van der Waals surface area contributed by atoms with E-state index in [1.807, 2.05) is 23.1 Å². The number of nitriles is 1. The van der Waals surface area contributed by atoms with Gasteiger partial charge in [-0.3, -0.25) is 4.79 Å². The summed E-state index contributed by atoms with van der Waals surface area (Å²) in [7, 11) is 0. The summed E-state index contributed by atoms with van der Waals surface area (Å²) < 4.78 is 1.64. The first-order valence-corrected chi connectivity index (χ1v) is 11.2. The molecule has 160 valence electrons. The highest BCUT2D eigenvalue weighted by atomic mass is 16.2. The van der Waals surface area contributed by atoms with E-state index in [2.05, 4.69) is 21.1 Å². The highest BCUT2D eigenvalue weighted by Crippen LogP contribution is 2.47. The SMILES string of the molecule is N#Cc1ccnc(N2C3CCC2CN(C(=O)c2cccnc2-n2cccn2)C3)c1C1CC1. The average molecular weight is 425 g/mol. The fourth-order valence-corrected chi connectivity index (χ4v) is 5.27. The summed E-state index contributed by atoms with van der Waals surface area (Å²) in [5.41, 5.74) is 2.42. The van der Waals surface area contributed by atoms with Crippen molar-refractivity contribution in [3.8, 4) is 11.9 Å². The average Bonchev–Trinajstić information content (AvgIpc) is 3.46. The van der Waals surface area contributed by atoms with Gasteiger partial charge in [-0.2, -0.15) is 10.4 Å². The van der Waals surface area contributed by atoms with Gasteiger partial charge in [0.25, 0.3) is 5.91 Å². The number of hydrogen-bond donors (Lipinski definition) is 0. The Morgan fingerprint density at radius 2 is 1.75 bits per heavy atom. The Hall–Kier alpha value is -3.73. The van der Waals surface area contributed by atoms with Crippen LogP contribution < -0.4 is 4.90 Å². The molecule has 2 bridgehead atoms. The van der Waals surface area contributed by atoms with Crippen LogP contribution in [-0.2, 0) is 0 Å². The number of piperazine rings is 1. The molecule has 6 rings (SSSR count). The minimum atomic E-state index is -0.0127. The maximum Gasteiger partial charge on any atom is 0.257 e. The van der Waals surface area contributed by atoms with E-state index in [4.69, 9.17) is 4.98 Å². The monoisotopic (exact) mass is 425 g/mol. The first-order chi connectivity index (χ1) is 15.7. The van der Waals surface area contributed by atoms with Crippen LogP contribution in [0.3, 0.4) is 0 Å². The van der Waals surface area contributed by atoms with Crippen molar-refractivity contribution in [2.75, 3.05) is 18.0 Å². The van der Waals surface area contributed by atoms with Crippen molar-refractivity contribution in [2.45, 2.75) is 43.7 Å². The zero-order valence-electron chi connectivity index (χ0n) is 17.6. The van der Waals surface area contributed by atoms with Crippen LogP contribution >= 0.6 is 0 Å². The summed E-state index contributed by atoms with van der Waals surface area (Å²) in [5, 5.41) is 13.9. The van der Waals surface area contributed by atoms with Gasteiger partial charge in [-0.25, -0.2) is 14.6 Å². The Bertz CT molecular complexity index is 1200. The molecule has 1 saturated carbocycles. The molecular formula is C24H23N7O. The number of nitrogens with zero attached hydrogens (tertiary/aromatic N) is 7. The molecule has 3 aromatic heterocycles. The van der Waals surface area contributed by atoms with Crippen molar-refractivity contribution in [2.24, 2.45) is 0 Å². The lowest BCUT2D eigenvalue weighted by molar-refractivity contribution is 0.0716. The van der Waals surface area contributed by atoms with Gasteiger partial charge in [0, 0.05) is 55.5 Å². The zero-order valence-corrected chi connectivity index (χ0v) is 17.6. The number of likely N-dealkylation sites (tertiary alicyclic amines) is 1. The zero-order chi connectivity index (χ0) is 21.7. The molecule has 2 aliphatic heterocycles. The Labute approximate surface area is 186 Å². The Morgan fingerprint density at radius 3 is 2.44 bits per heavy atom. The summed E-state index contributed by atoms with van der Waals surface area (Å²) in [6.07, 6.45) is 11.2. The van der Waals surface area contributed by atoms with Gasteiger partial charge in [-0.1, -0.05) is 0 Å². The van der Waals surface area contributed by atoms with E-state index in [0.29, 0.717) is 30.4 Å². The van der Waals surface area contributed by atoms with Gasteiger partial charge in [0.15, 0.2) is 5.82 Å². The van der Waals surface area contributed by atoms with Gasteiger partial charge in [-0.15, -0.1) is 0 Å². The summed E-state index contributed by atoms with van der Waals surface area (Å²) in [4.78, 5) is 27.0. The Morgan fingerprint density at radius 1 is 0.969 bits per heavy atom. The molecule has 2 unspecified atom stereocenters. The molecule has 0 N–H and O–H groups in total. The maximum atomic E-state index is 13.5. The van der Waals surface area contributed by atoms with Crippen LogP contribution in [0.2, 0.25) is 0 Å². The third kappa shape index (κ3) is 3.04. The van der Waals surface area contributed by atoms with Gasteiger partial charge < -0.3 is 9.80 Å². The number of anilines is 1. The van der Waals surface area contributed by atoms with Crippen LogP contribution in [0.25, 0.3) is 5.82 Å². The predicted molar refractivity (Wildman–Crippen MR) is 117 cm³/mol. The first kappa shape index (κ1) is 19.0. The molecule has 2 saturated heterocycles. The lowest BCUT2D eigenvalue weighted by Gasteiger charge is -2.42. The largest absolute Gasteiger partial charge is 0.347 e. The van der Waals surface area contributed by atoms with Crippen LogP contribution in [-0.4, -0.2) is 55.7 Å². The fraction of sp³-hybridized carbons (Fsp3) is 0.375. The van der Waals surface area contributed by atoms with Crippen molar-refractivity contribution >= 4 is 11.7 Å². The number of amides is 1. The predicted octanol–water partition coefficient (Wildman–Crippen LogP) is 2.90. The smallest absolute Gasteiger partial charge is 0.257 e. The number of hydrogen-bond acceptors (Lipinski definition) is 6. The molecule has 3 aromatic rings. The molecule has 0 aromatic carbocycles. The van der Waals surface area contributed by atoms with E-state index in [1.165, 1.54) is 0 Å². The van der Waals surface area contributed by atoms with Crippen molar-refractivity contribution in [1.82, 2.24) is 24.6 Å². The van der Waals surface area contributed by atoms with E-state index in [9.17, 15) is 10.1 Å². The number of carbonyl (C=O) groups is 1. The topological polar surface area (TPSA) is 90.9 Å². The number of aromatic nitrogens is 4. The molecule has 1 aliphatic carbocycles. The van der Waals surface area contributed by atoms with Gasteiger partial charge >= 0.3 is 0 Å². The van der Waals surface area contributed by atoms with Crippen LogP contribution in [0, 0.1) is 11.3 Å². The minimum Gasteiger partial charge on any atom is -0.347 e. The second kappa shape index (κ2) is 7.45. The van der Waals surface area contributed by atoms with Crippen molar-refractivity contribution < 1.29 is 4.79 Å². The number of pyridine rings is 2. The van der Waals surface area contributed by atoms with E-state index in [-0.39, 0.29) is 18.0 Å². The molecule has 3 fully saturated rings. The summed E-state index contributed by atoms with van der Waals surface area (Å²) in [6, 6.07) is 10.1. The molecule has 0 spiro atoms. The lowest BCUT2D eigenvalue weighted by atomic mass is 10.0. The van der Waals surface area contributed by atoms with Gasteiger partial charge in [0.05, 0.1) is 17.2 Å². The van der Waals surface area contributed by atoms with Gasteiger partial charge in [-0.05, 0) is 55.9 Å². The molecule has 3 aliphatic rings. The second-order valence-electron chi connectivity index (χ2n) is 8.81. The summed E-state index contributed by atoms with van der Waals surface area (Å²) in [6.45, 7) is 1.29. The van der Waals surface area contributed by atoms with E-state index in [1.54, 1.807) is 35.5 Å². The van der Waals surface area contributed by atoms with E-state index in [0.717, 1.165) is 42.6 Å². The molecule has 8 nitrogen and oxygen atoms in total. The third-order valence-corrected chi connectivity index (χ3v) is 6.83. The van der Waals surface area contributed by atoms with Gasteiger partial charge in [0.2, 0.25) is 0 Å². The van der Waals surface area contributed by atoms with Crippen molar-refractivity contribution in [3.63, 3.8) is 0 Å². The number of carbonyl (C=O) groups excluding carboxylic acids is 1. The highest BCUT2D eigenvalue weighted by Gasteiger charge is 2.44. The molecule has 2 atom stereocenters. The molecule has 1 amide bonds. The normalized spacial score (nSPS) is 22.1. The standard InChI is InChI=1S/C24H23N7O/c25-13-17-8-11-27-23(21(17)16-4-5-16)31-18-6-7-19(31)15-29(14-18)24(32)20-3-1-9-26-22(20)30-12-2-10-28-30/h1-3,8-12,16,18-19H,4-7,14-15H2. The van der Waals surface area contributed by atoms with Crippen LogP contribution in [0.5, 0.6) is 0 Å². The maximum absolute atomic E-state index is 13.5. The summed E-state index contributed by atoms with van der Waals surface area (Å²) >= 11 is 0. The summed E-state index contributed by atoms with van der Waals surface area (Å²) in [5.74, 6) is 1.95. The number of fused-ring (bicyclic) bond motifs is 2. The highest BCUT2D eigenvalue weighted by molar-refractivity contribution is 5.97. The minimum absolute atomic E-state index is 0.0127. The quantitative estimate of drug-likeness (QED) is 0.638. The van der Waals surface area contributed by atoms with Crippen molar-refractivity contribution in [1.29, 1.82) is 5.26 Å². The van der Waals surface area contributed by atoms with E-state index >= 15 is 0 Å². The van der Waals surface area contributed by atoms with E-state index < -0.39 is 0 Å². The van der Waals surface area contributed by atoms with Crippen molar-refractivity contribution in [3.05, 3.63) is 65.7 Å². The fourth-order valence-electron chi connectivity index (χ4n) is 5.27. The Balaban J connectivity index is 1.30. The Kier molecular flexibility index (Phi) is 4.42. The first-order valence-electron chi connectivity index (χ1n) is 11.2. The van der Waals surface area contributed by atoms with Crippen LogP contribution in [0.4, 0.5) is 5.82 Å². The molecular weight excluding hydrogens is 402 g/mol. The molecule has 32 heavy (non-hydrogen) atoms. The third-order valence-electron chi connectivity index (χ3n) is 6.83. The second-order valence-corrected chi connectivity index (χ2v) is 8.81. The molecule has 8 heteroatoms. The van der Waals surface area contributed by atoms with Crippen LogP contribution in [0.15, 0.2) is 49.1 Å².